The second kappa shape index (κ2) is 6.77. The quantitative estimate of drug-likeness (QED) is 0.836. The Bertz CT molecular complexity index is 445. The van der Waals surface area contributed by atoms with E-state index >= 15 is 0 Å². The van der Waals surface area contributed by atoms with Crippen LogP contribution in [0.1, 0.15) is 45.6 Å². The maximum absolute atomic E-state index is 6.44. The van der Waals surface area contributed by atoms with Crippen LogP contribution < -0.4 is 10.2 Å². The summed E-state index contributed by atoms with van der Waals surface area (Å²) in [7, 11) is 0. The van der Waals surface area contributed by atoms with Crippen LogP contribution in [0.25, 0.3) is 0 Å². The standard InChI is InChI=1S/C16H26ClN3/c1-4-7-18-10-13-9-14(17)15(19-11-13)20-8-5-6-16(2,3)12-20/h9,11,18H,4-8,10,12H2,1-3H3. The Balaban J connectivity index is 2.05. The number of anilines is 1. The molecule has 2 rings (SSSR count). The molecule has 0 aliphatic carbocycles. The van der Waals surface area contributed by atoms with Gasteiger partial charge in [0.25, 0.3) is 0 Å². The monoisotopic (exact) mass is 295 g/mol. The van der Waals surface area contributed by atoms with Crippen LogP contribution in [0.15, 0.2) is 12.3 Å². The maximum Gasteiger partial charge on any atom is 0.147 e. The highest BCUT2D eigenvalue weighted by Gasteiger charge is 2.28. The topological polar surface area (TPSA) is 28.2 Å². The van der Waals surface area contributed by atoms with E-state index in [1.807, 2.05) is 12.3 Å². The fourth-order valence-corrected chi connectivity index (χ4v) is 3.12. The van der Waals surface area contributed by atoms with Crippen molar-refractivity contribution in [1.82, 2.24) is 10.3 Å². The summed E-state index contributed by atoms with van der Waals surface area (Å²) in [6.07, 6.45) is 5.58. The minimum atomic E-state index is 0.352. The van der Waals surface area contributed by atoms with E-state index in [0.717, 1.165) is 49.0 Å². The minimum Gasteiger partial charge on any atom is -0.355 e. The number of pyridine rings is 1. The van der Waals surface area contributed by atoms with Crippen molar-refractivity contribution >= 4 is 17.4 Å². The molecule has 2 heterocycles. The second-order valence-corrected chi connectivity index (χ2v) is 6.92. The lowest BCUT2D eigenvalue weighted by atomic mass is 9.84. The number of nitrogens with one attached hydrogen (secondary N) is 1. The van der Waals surface area contributed by atoms with E-state index in [4.69, 9.17) is 11.6 Å². The molecule has 0 unspecified atom stereocenters. The van der Waals surface area contributed by atoms with Gasteiger partial charge in [-0.1, -0.05) is 32.4 Å². The summed E-state index contributed by atoms with van der Waals surface area (Å²) in [6.45, 7) is 10.8. The van der Waals surface area contributed by atoms with Crippen molar-refractivity contribution in [2.75, 3.05) is 24.5 Å². The SMILES string of the molecule is CCCNCc1cnc(N2CCCC(C)(C)C2)c(Cl)c1. The van der Waals surface area contributed by atoms with Crippen molar-refractivity contribution < 1.29 is 0 Å². The van der Waals surface area contributed by atoms with Crippen LogP contribution in [-0.2, 0) is 6.54 Å². The van der Waals surface area contributed by atoms with E-state index in [1.54, 1.807) is 0 Å². The van der Waals surface area contributed by atoms with Gasteiger partial charge in [-0.15, -0.1) is 0 Å². The van der Waals surface area contributed by atoms with Crippen LogP contribution in [-0.4, -0.2) is 24.6 Å². The number of hydrogen-bond acceptors (Lipinski definition) is 3. The molecule has 3 nitrogen and oxygen atoms in total. The number of hydrogen-bond donors (Lipinski definition) is 1. The molecule has 0 saturated carbocycles. The lowest BCUT2D eigenvalue weighted by Crippen LogP contribution is -2.40. The first-order valence-electron chi connectivity index (χ1n) is 7.62. The number of nitrogens with zero attached hydrogens (tertiary/aromatic N) is 2. The third-order valence-corrected chi connectivity index (χ3v) is 4.11. The molecule has 1 aromatic heterocycles. The van der Waals surface area contributed by atoms with Gasteiger partial charge in [0, 0.05) is 25.8 Å². The predicted molar refractivity (Wildman–Crippen MR) is 86.5 cm³/mol. The van der Waals surface area contributed by atoms with Crippen molar-refractivity contribution in [3.63, 3.8) is 0 Å². The third kappa shape index (κ3) is 4.10. The van der Waals surface area contributed by atoms with Crippen molar-refractivity contribution in [3.8, 4) is 0 Å². The molecule has 1 aliphatic heterocycles. The van der Waals surface area contributed by atoms with E-state index < -0.39 is 0 Å². The van der Waals surface area contributed by atoms with E-state index in [-0.39, 0.29) is 0 Å². The lowest BCUT2D eigenvalue weighted by Gasteiger charge is -2.39. The Morgan fingerprint density at radius 3 is 2.90 bits per heavy atom. The van der Waals surface area contributed by atoms with Gasteiger partial charge in [-0.3, -0.25) is 0 Å². The zero-order valence-electron chi connectivity index (χ0n) is 12.9. The fourth-order valence-electron chi connectivity index (χ4n) is 2.81. The molecule has 0 aromatic carbocycles. The largest absolute Gasteiger partial charge is 0.355 e. The highest BCUT2D eigenvalue weighted by atomic mass is 35.5. The zero-order chi connectivity index (χ0) is 14.6. The molecule has 0 bridgehead atoms. The van der Waals surface area contributed by atoms with Gasteiger partial charge in [0.15, 0.2) is 0 Å². The molecule has 0 spiro atoms. The minimum absolute atomic E-state index is 0.352. The molecule has 1 saturated heterocycles. The van der Waals surface area contributed by atoms with Crippen molar-refractivity contribution in [1.29, 1.82) is 0 Å². The number of aromatic nitrogens is 1. The summed E-state index contributed by atoms with van der Waals surface area (Å²) in [6, 6.07) is 2.05. The van der Waals surface area contributed by atoms with Crippen molar-refractivity contribution in [3.05, 3.63) is 22.8 Å². The molecule has 1 aliphatic rings. The summed E-state index contributed by atoms with van der Waals surface area (Å²) in [5.74, 6) is 0.943. The first-order chi connectivity index (χ1) is 9.52. The smallest absolute Gasteiger partial charge is 0.147 e. The summed E-state index contributed by atoms with van der Waals surface area (Å²) < 4.78 is 0. The number of rotatable bonds is 5. The number of piperidine rings is 1. The highest BCUT2D eigenvalue weighted by molar-refractivity contribution is 6.33. The summed E-state index contributed by atoms with van der Waals surface area (Å²) in [5.41, 5.74) is 1.51. The molecule has 0 atom stereocenters. The van der Waals surface area contributed by atoms with E-state index in [9.17, 15) is 0 Å². The van der Waals surface area contributed by atoms with Crippen molar-refractivity contribution in [2.24, 2.45) is 5.41 Å². The van der Waals surface area contributed by atoms with Gasteiger partial charge in [0.2, 0.25) is 0 Å². The first kappa shape index (κ1) is 15.6. The molecule has 20 heavy (non-hydrogen) atoms. The Hall–Kier alpha value is -0.800. The van der Waals surface area contributed by atoms with Crippen molar-refractivity contribution in [2.45, 2.75) is 46.6 Å². The van der Waals surface area contributed by atoms with Crippen LogP contribution in [0.2, 0.25) is 5.02 Å². The Kier molecular flexibility index (Phi) is 5.28. The molecule has 0 radical (unpaired) electrons. The molecule has 1 aromatic rings. The Labute approximate surface area is 127 Å². The van der Waals surface area contributed by atoms with Crippen LogP contribution >= 0.6 is 11.6 Å². The summed E-state index contributed by atoms with van der Waals surface area (Å²) >= 11 is 6.44. The van der Waals surface area contributed by atoms with Gasteiger partial charge < -0.3 is 10.2 Å². The molecular weight excluding hydrogens is 270 g/mol. The second-order valence-electron chi connectivity index (χ2n) is 6.52. The van der Waals surface area contributed by atoms with Gasteiger partial charge in [0.1, 0.15) is 5.82 Å². The van der Waals surface area contributed by atoms with Crippen LogP contribution in [0.5, 0.6) is 0 Å². The van der Waals surface area contributed by atoms with Crippen LogP contribution in [0.3, 0.4) is 0 Å². The van der Waals surface area contributed by atoms with E-state index in [2.05, 4.69) is 36.0 Å². The molecule has 1 fully saturated rings. The third-order valence-electron chi connectivity index (χ3n) is 3.83. The van der Waals surface area contributed by atoms with Crippen LogP contribution in [0, 0.1) is 5.41 Å². The average Bonchev–Trinajstić information content (AvgIpc) is 2.38. The van der Waals surface area contributed by atoms with Gasteiger partial charge in [-0.05, 0) is 42.9 Å². The molecule has 0 amide bonds. The average molecular weight is 296 g/mol. The van der Waals surface area contributed by atoms with E-state index in [1.165, 1.54) is 12.8 Å². The maximum atomic E-state index is 6.44. The molecule has 112 valence electrons. The fraction of sp³-hybridized carbons (Fsp3) is 0.688. The molecular formula is C16H26ClN3. The first-order valence-corrected chi connectivity index (χ1v) is 8.00. The zero-order valence-corrected chi connectivity index (χ0v) is 13.6. The molecule has 4 heteroatoms. The van der Waals surface area contributed by atoms with Gasteiger partial charge in [-0.25, -0.2) is 4.98 Å². The van der Waals surface area contributed by atoms with E-state index in [0.29, 0.717) is 5.41 Å². The highest BCUT2D eigenvalue weighted by Crippen LogP contribution is 2.33. The predicted octanol–water partition coefficient (Wildman–Crippen LogP) is 3.86. The van der Waals surface area contributed by atoms with Gasteiger partial charge >= 0.3 is 0 Å². The Morgan fingerprint density at radius 2 is 2.25 bits per heavy atom. The number of halogens is 1. The van der Waals surface area contributed by atoms with Gasteiger partial charge in [-0.2, -0.15) is 0 Å². The lowest BCUT2D eigenvalue weighted by molar-refractivity contribution is 0.292. The van der Waals surface area contributed by atoms with Gasteiger partial charge in [0.05, 0.1) is 5.02 Å². The molecule has 1 N–H and O–H groups in total. The normalized spacial score (nSPS) is 18.3. The summed E-state index contributed by atoms with van der Waals surface area (Å²) in [4.78, 5) is 6.93. The Morgan fingerprint density at radius 1 is 1.45 bits per heavy atom. The van der Waals surface area contributed by atoms with Crippen LogP contribution in [0.4, 0.5) is 5.82 Å². The summed E-state index contributed by atoms with van der Waals surface area (Å²) in [5, 5.41) is 4.15.